The van der Waals surface area contributed by atoms with Crippen molar-refractivity contribution in [1.82, 2.24) is 24.6 Å². The zero-order chi connectivity index (χ0) is 17.4. The van der Waals surface area contributed by atoms with Crippen molar-refractivity contribution in [2.75, 3.05) is 5.75 Å². The molecule has 0 bridgehead atoms. The van der Waals surface area contributed by atoms with Crippen LogP contribution in [0.25, 0.3) is 5.69 Å². The zero-order valence-corrected chi connectivity index (χ0v) is 15.0. The van der Waals surface area contributed by atoms with Crippen molar-refractivity contribution in [1.29, 1.82) is 0 Å². The van der Waals surface area contributed by atoms with Crippen molar-refractivity contribution >= 4 is 17.7 Å². The molecule has 6 nitrogen and oxygen atoms in total. The fraction of sp³-hybridized carbons (Fsp3) is 0.278. The molecule has 0 saturated heterocycles. The maximum Gasteiger partial charge on any atom is 0.251 e. The van der Waals surface area contributed by atoms with E-state index in [-0.39, 0.29) is 5.91 Å². The van der Waals surface area contributed by atoms with Gasteiger partial charge in [-0.2, -0.15) is 5.10 Å². The van der Waals surface area contributed by atoms with Crippen molar-refractivity contribution in [3.05, 3.63) is 59.2 Å². The zero-order valence-electron chi connectivity index (χ0n) is 14.2. The van der Waals surface area contributed by atoms with E-state index in [4.69, 9.17) is 0 Å². The monoisotopic (exact) mass is 353 g/mol. The third kappa shape index (κ3) is 3.19. The number of aromatic nitrogens is 4. The number of fused-ring (bicyclic) bond motifs is 1. The highest BCUT2D eigenvalue weighted by Crippen LogP contribution is 2.24. The fourth-order valence-corrected chi connectivity index (χ4v) is 3.93. The van der Waals surface area contributed by atoms with Gasteiger partial charge in [0.2, 0.25) is 0 Å². The van der Waals surface area contributed by atoms with E-state index in [1.807, 2.05) is 55.1 Å². The summed E-state index contributed by atoms with van der Waals surface area (Å²) in [5.74, 6) is 0.983. The lowest BCUT2D eigenvalue weighted by molar-refractivity contribution is 0.0950. The Balaban J connectivity index is 1.42. The number of imidazole rings is 1. The van der Waals surface area contributed by atoms with E-state index in [0.29, 0.717) is 12.1 Å². The molecular formula is C18H19N5OS. The van der Waals surface area contributed by atoms with Crippen molar-refractivity contribution in [3.63, 3.8) is 0 Å². The lowest BCUT2D eigenvalue weighted by Gasteiger charge is -2.07. The number of hydrogen-bond donors (Lipinski definition) is 1. The van der Waals surface area contributed by atoms with Crippen molar-refractivity contribution in [2.24, 2.45) is 0 Å². The van der Waals surface area contributed by atoms with Gasteiger partial charge in [0.05, 0.1) is 23.6 Å². The molecule has 7 heteroatoms. The van der Waals surface area contributed by atoms with E-state index >= 15 is 0 Å². The summed E-state index contributed by atoms with van der Waals surface area (Å²) < 4.78 is 4.01. The second-order valence-corrected chi connectivity index (χ2v) is 7.19. The minimum atomic E-state index is -0.0965. The summed E-state index contributed by atoms with van der Waals surface area (Å²) in [6, 6.07) is 9.50. The van der Waals surface area contributed by atoms with Crippen LogP contribution in [0.1, 0.15) is 27.4 Å². The number of nitrogens with zero attached hydrogens (tertiary/aromatic N) is 4. The molecule has 128 valence electrons. The number of amides is 1. The van der Waals surface area contributed by atoms with Gasteiger partial charge in [-0.15, -0.1) is 0 Å². The molecule has 2 aromatic heterocycles. The molecule has 3 heterocycles. The Kier molecular flexibility index (Phi) is 4.09. The number of benzene rings is 1. The Bertz CT molecular complexity index is 904. The lowest BCUT2D eigenvalue weighted by Crippen LogP contribution is -2.23. The van der Waals surface area contributed by atoms with Gasteiger partial charge < -0.3 is 9.88 Å². The van der Waals surface area contributed by atoms with Gasteiger partial charge in [0.15, 0.2) is 5.16 Å². The molecule has 0 spiro atoms. The lowest BCUT2D eigenvalue weighted by atomic mass is 10.2. The molecule has 0 unspecified atom stereocenters. The maximum absolute atomic E-state index is 12.3. The fourth-order valence-electron chi connectivity index (χ4n) is 2.96. The second kappa shape index (κ2) is 6.40. The van der Waals surface area contributed by atoms with E-state index in [1.165, 1.54) is 0 Å². The van der Waals surface area contributed by atoms with Crippen LogP contribution in [-0.2, 0) is 13.1 Å². The first-order valence-corrected chi connectivity index (χ1v) is 9.19. The van der Waals surface area contributed by atoms with Crippen molar-refractivity contribution < 1.29 is 4.79 Å². The van der Waals surface area contributed by atoms with Crippen LogP contribution in [0.2, 0.25) is 0 Å². The first-order chi connectivity index (χ1) is 12.1. The second-order valence-electron chi connectivity index (χ2n) is 6.13. The van der Waals surface area contributed by atoms with Gasteiger partial charge in [0.25, 0.3) is 5.91 Å². The summed E-state index contributed by atoms with van der Waals surface area (Å²) in [5, 5.41) is 8.43. The summed E-state index contributed by atoms with van der Waals surface area (Å²) in [5.41, 5.74) is 4.52. The van der Waals surface area contributed by atoms with Crippen LogP contribution in [0, 0.1) is 13.8 Å². The molecule has 1 aliphatic heterocycles. The van der Waals surface area contributed by atoms with Gasteiger partial charge in [0, 0.05) is 29.8 Å². The van der Waals surface area contributed by atoms with E-state index < -0.39 is 0 Å². The van der Waals surface area contributed by atoms with Crippen LogP contribution in [-0.4, -0.2) is 31.0 Å². The number of carbonyl (C=O) groups is 1. The Morgan fingerprint density at radius 2 is 2.08 bits per heavy atom. The topological polar surface area (TPSA) is 64.7 Å². The Morgan fingerprint density at radius 3 is 2.76 bits per heavy atom. The minimum absolute atomic E-state index is 0.0965. The van der Waals surface area contributed by atoms with Gasteiger partial charge in [-0.05, 0) is 44.2 Å². The molecule has 0 radical (unpaired) electrons. The quantitative estimate of drug-likeness (QED) is 0.783. The molecule has 4 rings (SSSR count). The van der Waals surface area contributed by atoms with Crippen molar-refractivity contribution in [3.8, 4) is 5.69 Å². The molecule has 1 N–H and O–H groups in total. The standard InChI is InChI=1S/C18H19N5OS/c1-12-9-13(2)23(21-12)16-5-3-14(4-6-16)17(24)19-10-15-11-22-7-8-25-18(22)20-15/h3-6,9,11H,7-8,10H2,1-2H3,(H,19,24). The van der Waals surface area contributed by atoms with E-state index in [0.717, 1.165) is 40.2 Å². The van der Waals surface area contributed by atoms with Gasteiger partial charge in [0.1, 0.15) is 0 Å². The number of nitrogens with one attached hydrogen (secondary N) is 1. The van der Waals surface area contributed by atoms with Crippen LogP contribution in [0.3, 0.4) is 0 Å². The third-order valence-electron chi connectivity index (χ3n) is 4.17. The number of rotatable bonds is 4. The van der Waals surface area contributed by atoms with Crippen LogP contribution < -0.4 is 5.32 Å². The summed E-state index contributed by atoms with van der Waals surface area (Å²) in [7, 11) is 0. The molecule has 1 amide bonds. The third-order valence-corrected chi connectivity index (χ3v) is 5.14. The van der Waals surface area contributed by atoms with E-state index in [9.17, 15) is 4.79 Å². The highest BCUT2D eigenvalue weighted by Gasteiger charge is 2.15. The minimum Gasteiger partial charge on any atom is -0.346 e. The molecule has 3 aromatic rings. The molecule has 0 saturated carbocycles. The Labute approximate surface area is 150 Å². The molecule has 25 heavy (non-hydrogen) atoms. The van der Waals surface area contributed by atoms with Crippen LogP contribution in [0.4, 0.5) is 0 Å². The summed E-state index contributed by atoms with van der Waals surface area (Å²) in [6.45, 7) is 5.42. The van der Waals surface area contributed by atoms with Gasteiger partial charge in [-0.1, -0.05) is 11.8 Å². The highest BCUT2D eigenvalue weighted by molar-refractivity contribution is 7.99. The molecule has 1 aromatic carbocycles. The van der Waals surface area contributed by atoms with Gasteiger partial charge in [-0.25, -0.2) is 9.67 Å². The smallest absolute Gasteiger partial charge is 0.251 e. The molecule has 0 fully saturated rings. The summed E-state index contributed by atoms with van der Waals surface area (Å²) in [4.78, 5) is 16.9. The summed E-state index contributed by atoms with van der Waals surface area (Å²) >= 11 is 1.75. The average Bonchev–Trinajstić information content (AvgIpc) is 3.27. The van der Waals surface area contributed by atoms with Crippen LogP contribution in [0.5, 0.6) is 0 Å². The number of aryl methyl sites for hydroxylation is 3. The van der Waals surface area contributed by atoms with Gasteiger partial charge in [-0.3, -0.25) is 4.79 Å². The predicted molar refractivity (Wildman–Crippen MR) is 97.2 cm³/mol. The summed E-state index contributed by atoms with van der Waals surface area (Å²) in [6.07, 6.45) is 2.02. The number of carbonyl (C=O) groups excluding carboxylic acids is 1. The molecule has 1 aliphatic rings. The SMILES string of the molecule is Cc1cc(C)n(-c2ccc(C(=O)NCc3cn4c(n3)SCC4)cc2)n1. The van der Waals surface area contributed by atoms with E-state index in [2.05, 4.69) is 20.0 Å². The van der Waals surface area contributed by atoms with Crippen LogP contribution >= 0.6 is 11.8 Å². The first-order valence-electron chi connectivity index (χ1n) is 8.21. The molecular weight excluding hydrogens is 334 g/mol. The van der Waals surface area contributed by atoms with Gasteiger partial charge >= 0.3 is 0 Å². The van der Waals surface area contributed by atoms with E-state index in [1.54, 1.807) is 11.8 Å². The average molecular weight is 353 g/mol. The first kappa shape index (κ1) is 16.0. The van der Waals surface area contributed by atoms with Crippen LogP contribution in [0.15, 0.2) is 41.7 Å². The number of hydrogen-bond acceptors (Lipinski definition) is 4. The Hall–Kier alpha value is -2.54. The normalized spacial score (nSPS) is 13.0. The number of thioether (sulfide) groups is 1. The molecule has 0 aliphatic carbocycles. The predicted octanol–water partition coefficient (Wildman–Crippen LogP) is 2.72. The largest absolute Gasteiger partial charge is 0.346 e. The Morgan fingerprint density at radius 1 is 1.28 bits per heavy atom. The highest BCUT2D eigenvalue weighted by atomic mass is 32.2. The maximum atomic E-state index is 12.3. The van der Waals surface area contributed by atoms with Crippen molar-refractivity contribution in [2.45, 2.75) is 32.1 Å². The molecule has 0 atom stereocenters.